The lowest BCUT2D eigenvalue weighted by molar-refractivity contribution is -0.117. The van der Waals surface area contributed by atoms with Crippen LogP contribution in [0.3, 0.4) is 0 Å². The van der Waals surface area contributed by atoms with Crippen LogP contribution in [0.5, 0.6) is 0 Å². The van der Waals surface area contributed by atoms with Crippen molar-refractivity contribution in [2.45, 2.75) is 12.1 Å². The van der Waals surface area contributed by atoms with Crippen LogP contribution >= 0.6 is 11.8 Å². The number of benzene rings is 2. The molecule has 0 radical (unpaired) electrons. The van der Waals surface area contributed by atoms with Crippen LogP contribution in [-0.2, 0) is 9.53 Å². The molecule has 0 bridgehead atoms. The first-order chi connectivity index (χ1) is 14.0. The number of aromatic nitrogens is 3. The average Bonchev–Trinajstić information content (AvgIpc) is 3.11. The van der Waals surface area contributed by atoms with Gasteiger partial charge in [-0.25, -0.2) is 13.6 Å². The van der Waals surface area contributed by atoms with Crippen LogP contribution in [0, 0.1) is 11.6 Å². The highest BCUT2D eigenvalue weighted by Crippen LogP contribution is 2.28. The maximum Gasteiger partial charge on any atom is 0.413 e. The van der Waals surface area contributed by atoms with Crippen LogP contribution in [0.2, 0.25) is 0 Å². The number of hydrogen-bond donors (Lipinski definition) is 1. The van der Waals surface area contributed by atoms with Gasteiger partial charge in [-0.2, -0.15) is 0 Å². The Kier molecular flexibility index (Phi) is 6.55. The third kappa shape index (κ3) is 5.17. The Morgan fingerprint density at radius 2 is 1.66 bits per heavy atom. The van der Waals surface area contributed by atoms with Crippen LogP contribution in [0.4, 0.5) is 13.6 Å². The van der Waals surface area contributed by atoms with E-state index >= 15 is 0 Å². The zero-order valence-corrected chi connectivity index (χ0v) is 16.1. The summed E-state index contributed by atoms with van der Waals surface area (Å²) < 4.78 is 32.9. The summed E-state index contributed by atoms with van der Waals surface area (Å²) >= 11 is 1.03. The maximum absolute atomic E-state index is 13.4. The number of ether oxygens (including phenoxy) is 1. The van der Waals surface area contributed by atoms with Crippen LogP contribution < -0.4 is 5.32 Å². The third-order valence-electron chi connectivity index (χ3n) is 3.67. The van der Waals surface area contributed by atoms with E-state index in [9.17, 15) is 18.4 Å². The van der Waals surface area contributed by atoms with E-state index in [-0.39, 0.29) is 12.4 Å². The minimum atomic E-state index is -0.829. The van der Waals surface area contributed by atoms with Gasteiger partial charge in [0.2, 0.25) is 5.91 Å². The van der Waals surface area contributed by atoms with E-state index in [4.69, 9.17) is 0 Å². The zero-order valence-electron chi connectivity index (χ0n) is 15.3. The Balaban J connectivity index is 1.89. The molecule has 150 valence electrons. The number of nitrogens with one attached hydrogen (secondary N) is 1. The van der Waals surface area contributed by atoms with E-state index in [0.717, 1.165) is 11.8 Å². The van der Waals surface area contributed by atoms with Crippen molar-refractivity contribution in [1.29, 1.82) is 0 Å². The van der Waals surface area contributed by atoms with Crippen molar-refractivity contribution in [3.8, 4) is 17.1 Å². The van der Waals surface area contributed by atoms with Gasteiger partial charge < -0.3 is 4.74 Å². The minimum Gasteiger partial charge on any atom is -0.450 e. The van der Waals surface area contributed by atoms with Gasteiger partial charge in [-0.15, -0.1) is 10.2 Å². The summed E-state index contributed by atoms with van der Waals surface area (Å²) in [7, 11) is 0. The number of halogens is 2. The van der Waals surface area contributed by atoms with Gasteiger partial charge in [0.15, 0.2) is 11.0 Å². The summed E-state index contributed by atoms with van der Waals surface area (Å²) in [6.07, 6.45) is -0.829. The SMILES string of the molecule is CCOC(=O)NC(=O)CSc1nnc(-c2ccc(F)cc2)n1-c1ccc(F)cc1. The number of amides is 2. The van der Waals surface area contributed by atoms with Crippen molar-refractivity contribution in [3.63, 3.8) is 0 Å². The molecule has 0 spiro atoms. The second-order valence-corrected chi connectivity index (χ2v) is 6.62. The molecule has 1 aromatic heterocycles. The highest BCUT2D eigenvalue weighted by atomic mass is 32.2. The molecule has 0 atom stereocenters. The summed E-state index contributed by atoms with van der Waals surface area (Å²) in [5, 5.41) is 10.7. The molecule has 0 unspecified atom stereocenters. The fourth-order valence-corrected chi connectivity index (χ4v) is 3.17. The van der Waals surface area contributed by atoms with Gasteiger partial charge in [0, 0.05) is 11.3 Å². The van der Waals surface area contributed by atoms with Crippen molar-refractivity contribution >= 4 is 23.8 Å². The van der Waals surface area contributed by atoms with E-state index in [1.165, 1.54) is 36.4 Å². The Morgan fingerprint density at radius 1 is 1.03 bits per heavy atom. The third-order valence-corrected chi connectivity index (χ3v) is 4.60. The zero-order chi connectivity index (χ0) is 20.8. The fraction of sp³-hybridized carbons (Fsp3) is 0.158. The molecule has 3 rings (SSSR count). The first kappa shape index (κ1) is 20.5. The van der Waals surface area contributed by atoms with Crippen LogP contribution in [0.25, 0.3) is 17.1 Å². The average molecular weight is 418 g/mol. The number of thioether (sulfide) groups is 1. The molecule has 0 saturated carbocycles. The number of carbonyl (C=O) groups is 2. The molecule has 3 aromatic rings. The van der Waals surface area contributed by atoms with Crippen molar-refractivity contribution < 1.29 is 23.1 Å². The van der Waals surface area contributed by atoms with Gasteiger partial charge in [-0.3, -0.25) is 14.7 Å². The second kappa shape index (κ2) is 9.28. The molecular formula is C19H16F2N4O3S. The molecule has 0 aliphatic carbocycles. The Bertz CT molecular complexity index is 1010. The van der Waals surface area contributed by atoms with E-state index in [0.29, 0.717) is 22.2 Å². The van der Waals surface area contributed by atoms with Gasteiger partial charge in [-0.05, 0) is 55.5 Å². The predicted molar refractivity (Wildman–Crippen MR) is 103 cm³/mol. The number of hydrogen-bond acceptors (Lipinski definition) is 6. The second-order valence-electron chi connectivity index (χ2n) is 5.68. The van der Waals surface area contributed by atoms with Crippen LogP contribution in [0.15, 0.2) is 53.7 Å². The lowest BCUT2D eigenvalue weighted by atomic mass is 10.2. The summed E-state index contributed by atoms with van der Waals surface area (Å²) in [4.78, 5) is 23.3. The molecule has 1 heterocycles. The lowest BCUT2D eigenvalue weighted by Gasteiger charge is -2.10. The standard InChI is InChI=1S/C19H16F2N4O3S/c1-2-28-19(27)22-16(26)11-29-18-24-23-17(12-3-5-13(20)6-4-12)25(18)15-9-7-14(21)8-10-15/h3-10H,2,11H2,1H3,(H,22,26,27). The largest absolute Gasteiger partial charge is 0.450 e. The highest BCUT2D eigenvalue weighted by Gasteiger charge is 2.18. The van der Waals surface area contributed by atoms with Gasteiger partial charge in [0.25, 0.3) is 0 Å². The fourth-order valence-electron chi connectivity index (χ4n) is 2.42. The number of imide groups is 1. The van der Waals surface area contributed by atoms with Crippen molar-refractivity contribution in [2.75, 3.05) is 12.4 Å². The first-order valence-electron chi connectivity index (χ1n) is 8.54. The van der Waals surface area contributed by atoms with Gasteiger partial charge in [0.1, 0.15) is 11.6 Å². The van der Waals surface area contributed by atoms with E-state index in [1.54, 1.807) is 23.6 Å². The number of rotatable bonds is 6. The van der Waals surface area contributed by atoms with Crippen LogP contribution in [-0.4, -0.2) is 39.1 Å². The van der Waals surface area contributed by atoms with E-state index < -0.39 is 23.6 Å². The van der Waals surface area contributed by atoms with Crippen molar-refractivity contribution in [2.24, 2.45) is 0 Å². The molecule has 0 fully saturated rings. The molecule has 0 saturated heterocycles. The molecule has 2 amide bonds. The molecular weight excluding hydrogens is 402 g/mol. The van der Waals surface area contributed by atoms with Crippen molar-refractivity contribution in [1.82, 2.24) is 20.1 Å². The monoisotopic (exact) mass is 418 g/mol. The maximum atomic E-state index is 13.4. The molecule has 7 nitrogen and oxygen atoms in total. The first-order valence-corrected chi connectivity index (χ1v) is 9.53. The predicted octanol–water partition coefficient (Wildman–Crippen LogP) is 3.58. The topological polar surface area (TPSA) is 86.1 Å². The minimum absolute atomic E-state index is 0.123. The molecule has 2 aromatic carbocycles. The van der Waals surface area contributed by atoms with E-state index in [1.807, 2.05) is 0 Å². The summed E-state index contributed by atoms with van der Waals surface area (Å²) in [5.41, 5.74) is 1.15. The van der Waals surface area contributed by atoms with E-state index in [2.05, 4.69) is 20.3 Å². The molecule has 29 heavy (non-hydrogen) atoms. The molecule has 1 N–H and O–H groups in total. The summed E-state index contributed by atoms with van der Waals surface area (Å²) in [6.45, 7) is 1.77. The quantitative estimate of drug-likeness (QED) is 0.616. The number of alkyl carbamates (subject to hydrolysis) is 1. The molecule has 0 aliphatic rings. The summed E-state index contributed by atoms with van der Waals surface area (Å²) in [6, 6.07) is 11.3. The van der Waals surface area contributed by atoms with Gasteiger partial charge >= 0.3 is 6.09 Å². The lowest BCUT2D eigenvalue weighted by Crippen LogP contribution is -2.32. The Labute approximate surface area is 169 Å². The highest BCUT2D eigenvalue weighted by molar-refractivity contribution is 7.99. The normalized spacial score (nSPS) is 10.6. The summed E-state index contributed by atoms with van der Waals surface area (Å²) in [5.74, 6) is -1.10. The van der Waals surface area contributed by atoms with Crippen LogP contribution in [0.1, 0.15) is 6.92 Å². The van der Waals surface area contributed by atoms with Gasteiger partial charge in [-0.1, -0.05) is 11.8 Å². The Hall–Kier alpha value is -3.27. The molecule has 10 heteroatoms. The number of nitrogens with zero attached hydrogens (tertiary/aromatic N) is 3. The van der Waals surface area contributed by atoms with Gasteiger partial charge in [0.05, 0.1) is 12.4 Å². The van der Waals surface area contributed by atoms with Crippen molar-refractivity contribution in [3.05, 3.63) is 60.2 Å². The number of carbonyl (C=O) groups excluding carboxylic acids is 2. The molecule has 0 aliphatic heterocycles. The smallest absolute Gasteiger partial charge is 0.413 e. The Morgan fingerprint density at radius 3 is 2.28 bits per heavy atom.